The van der Waals surface area contributed by atoms with Crippen LogP contribution in [0.4, 0.5) is 5.69 Å². The number of nitrogens with two attached hydrogens (primary N) is 1. The van der Waals surface area contributed by atoms with Crippen LogP contribution in [0.2, 0.25) is 0 Å². The molecule has 3 N–H and O–H groups in total. The third-order valence-electron chi connectivity index (χ3n) is 4.03. The number of pyridine rings is 1. The van der Waals surface area contributed by atoms with E-state index in [1.165, 1.54) is 35.7 Å². The first-order valence-corrected chi connectivity index (χ1v) is 7.46. The van der Waals surface area contributed by atoms with Gasteiger partial charge in [-0.2, -0.15) is 0 Å². The second-order valence-electron chi connectivity index (χ2n) is 5.81. The Morgan fingerprint density at radius 1 is 1.38 bits per heavy atom. The van der Waals surface area contributed by atoms with Crippen molar-refractivity contribution < 1.29 is 4.79 Å². The SMILES string of the molecule is CN1CCC(CCNC(=O)Cn2cc(N)ccc2=O)CC1. The van der Waals surface area contributed by atoms with Crippen LogP contribution in [-0.4, -0.2) is 42.1 Å². The van der Waals surface area contributed by atoms with E-state index in [-0.39, 0.29) is 18.0 Å². The quantitative estimate of drug-likeness (QED) is 0.817. The molecule has 6 heteroatoms. The zero-order valence-corrected chi connectivity index (χ0v) is 12.5. The number of rotatable bonds is 5. The Bertz CT molecular complexity index is 533. The van der Waals surface area contributed by atoms with E-state index in [1.807, 2.05) is 0 Å². The average Bonchev–Trinajstić information content (AvgIpc) is 2.45. The number of anilines is 1. The molecule has 6 nitrogen and oxygen atoms in total. The molecule has 1 aliphatic rings. The molecule has 0 unspecified atom stereocenters. The van der Waals surface area contributed by atoms with Gasteiger partial charge in [-0.25, -0.2) is 0 Å². The van der Waals surface area contributed by atoms with Crippen LogP contribution in [0.5, 0.6) is 0 Å². The summed E-state index contributed by atoms with van der Waals surface area (Å²) in [5, 5.41) is 2.88. The van der Waals surface area contributed by atoms with Crippen molar-refractivity contribution in [1.82, 2.24) is 14.8 Å². The zero-order valence-electron chi connectivity index (χ0n) is 12.5. The summed E-state index contributed by atoms with van der Waals surface area (Å²) in [7, 11) is 2.14. The van der Waals surface area contributed by atoms with Crippen LogP contribution in [0.25, 0.3) is 0 Å². The third kappa shape index (κ3) is 4.90. The molecule has 1 amide bonds. The highest BCUT2D eigenvalue weighted by Gasteiger charge is 2.16. The van der Waals surface area contributed by atoms with Crippen LogP contribution in [-0.2, 0) is 11.3 Å². The van der Waals surface area contributed by atoms with Crippen LogP contribution < -0.4 is 16.6 Å². The molecule has 1 fully saturated rings. The highest BCUT2D eigenvalue weighted by atomic mass is 16.2. The first kappa shape index (κ1) is 15.6. The van der Waals surface area contributed by atoms with Crippen LogP contribution in [0.1, 0.15) is 19.3 Å². The molecule has 116 valence electrons. The highest BCUT2D eigenvalue weighted by Crippen LogP contribution is 2.18. The van der Waals surface area contributed by atoms with Gasteiger partial charge in [0, 0.05) is 24.5 Å². The predicted molar refractivity (Wildman–Crippen MR) is 83.0 cm³/mol. The normalized spacial score (nSPS) is 16.8. The Morgan fingerprint density at radius 3 is 2.81 bits per heavy atom. The van der Waals surface area contributed by atoms with E-state index in [1.54, 1.807) is 0 Å². The summed E-state index contributed by atoms with van der Waals surface area (Å²) < 4.78 is 1.33. The molecule has 21 heavy (non-hydrogen) atoms. The third-order valence-corrected chi connectivity index (χ3v) is 4.03. The number of amides is 1. The summed E-state index contributed by atoms with van der Waals surface area (Å²) in [6, 6.07) is 2.91. The van der Waals surface area contributed by atoms with Gasteiger partial charge in [0.05, 0.1) is 0 Å². The smallest absolute Gasteiger partial charge is 0.251 e. The van der Waals surface area contributed by atoms with E-state index in [0.29, 0.717) is 18.2 Å². The fourth-order valence-electron chi connectivity index (χ4n) is 2.65. The molecule has 1 aromatic heterocycles. The number of hydrogen-bond donors (Lipinski definition) is 2. The lowest BCUT2D eigenvalue weighted by molar-refractivity contribution is -0.121. The Labute approximate surface area is 124 Å². The summed E-state index contributed by atoms with van der Waals surface area (Å²) in [6.07, 6.45) is 4.90. The van der Waals surface area contributed by atoms with Crippen molar-refractivity contribution in [2.75, 3.05) is 32.4 Å². The van der Waals surface area contributed by atoms with Gasteiger partial charge < -0.3 is 20.5 Å². The number of carbonyl (C=O) groups is 1. The van der Waals surface area contributed by atoms with E-state index in [9.17, 15) is 9.59 Å². The minimum absolute atomic E-state index is 0.0251. The fourth-order valence-corrected chi connectivity index (χ4v) is 2.65. The molecular weight excluding hydrogens is 268 g/mol. The van der Waals surface area contributed by atoms with Crippen LogP contribution in [0, 0.1) is 5.92 Å². The summed E-state index contributed by atoms with van der Waals surface area (Å²) >= 11 is 0. The van der Waals surface area contributed by atoms with E-state index in [0.717, 1.165) is 19.5 Å². The molecule has 0 spiro atoms. The van der Waals surface area contributed by atoms with Crippen molar-refractivity contribution in [3.8, 4) is 0 Å². The lowest BCUT2D eigenvalue weighted by Gasteiger charge is -2.28. The van der Waals surface area contributed by atoms with E-state index in [4.69, 9.17) is 5.73 Å². The number of nitrogens with one attached hydrogen (secondary N) is 1. The zero-order chi connectivity index (χ0) is 15.2. The van der Waals surface area contributed by atoms with E-state index >= 15 is 0 Å². The first-order chi connectivity index (χ1) is 10.0. The largest absolute Gasteiger partial charge is 0.398 e. The van der Waals surface area contributed by atoms with E-state index < -0.39 is 0 Å². The molecule has 2 heterocycles. The number of nitrogen functional groups attached to an aromatic ring is 1. The number of piperidine rings is 1. The van der Waals surface area contributed by atoms with Gasteiger partial charge in [0.15, 0.2) is 0 Å². The van der Waals surface area contributed by atoms with Gasteiger partial charge in [-0.1, -0.05) is 0 Å². The highest BCUT2D eigenvalue weighted by molar-refractivity contribution is 5.75. The van der Waals surface area contributed by atoms with Crippen LogP contribution in [0.3, 0.4) is 0 Å². The molecule has 0 radical (unpaired) electrons. The molecule has 0 aromatic carbocycles. The number of aromatic nitrogens is 1. The Balaban J connectivity index is 1.72. The number of carbonyl (C=O) groups excluding carboxylic acids is 1. The minimum atomic E-state index is -0.213. The first-order valence-electron chi connectivity index (χ1n) is 7.46. The maximum absolute atomic E-state index is 11.8. The van der Waals surface area contributed by atoms with Crippen LogP contribution in [0.15, 0.2) is 23.1 Å². The molecular formula is C15H24N4O2. The standard InChI is InChI=1S/C15H24N4O2/c1-18-8-5-12(6-9-18)4-7-17-14(20)11-19-10-13(16)2-3-15(19)21/h2-3,10,12H,4-9,11,16H2,1H3,(H,17,20). The fraction of sp³-hybridized carbons (Fsp3) is 0.600. The Hall–Kier alpha value is -1.82. The molecule has 0 saturated carbocycles. The van der Waals surface area contributed by atoms with Gasteiger partial charge in [0.25, 0.3) is 5.56 Å². The van der Waals surface area contributed by atoms with Gasteiger partial charge in [-0.15, -0.1) is 0 Å². The molecule has 2 rings (SSSR count). The number of hydrogen-bond acceptors (Lipinski definition) is 4. The van der Waals surface area contributed by atoms with Crippen LogP contribution >= 0.6 is 0 Å². The maximum Gasteiger partial charge on any atom is 0.251 e. The molecule has 0 bridgehead atoms. The summed E-state index contributed by atoms with van der Waals surface area (Å²) in [5.41, 5.74) is 5.88. The Kier molecular flexibility index (Phi) is 5.38. The van der Waals surface area contributed by atoms with Crippen molar-refractivity contribution >= 4 is 11.6 Å². The molecule has 1 aliphatic heterocycles. The molecule has 1 aromatic rings. The minimum Gasteiger partial charge on any atom is -0.398 e. The van der Waals surface area contributed by atoms with Gasteiger partial charge in [0.2, 0.25) is 5.91 Å². The lowest BCUT2D eigenvalue weighted by atomic mass is 9.94. The van der Waals surface area contributed by atoms with Gasteiger partial charge in [-0.3, -0.25) is 9.59 Å². The van der Waals surface area contributed by atoms with Crippen molar-refractivity contribution in [3.05, 3.63) is 28.7 Å². The molecule has 1 saturated heterocycles. The van der Waals surface area contributed by atoms with Gasteiger partial charge in [-0.05, 0) is 51.4 Å². The topological polar surface area (TPSA) is 80.4 Å². The van der Waals surface area contributed by atoms with Crippen molar-refractivity contribution in [1.29, 1.82) is 0 Å². The number of nitrogens with zero attached hydrogens (tertiary/aromatic N) is 2. The van der Waals surface area contributed by atoms with E-state index in [2.05, 4.69) is 17.3 Å². The van der Waals surface area contributed by atoms with Crippen molar-refractivity contribution in [2.45, 2.75) is 25.8 Å². The van der Waals surface area contributed by atoms with Gasteiger partial charge in [0.1, 0.15) is 6.54 Å². The van der Waals surface area contributed by atoms with Crippen molar-refractivity contribution in [3.63, 3.8) is 0 Å². The second-order valence-corrected chi connectivity index (χ2v) is 5.81. The Morgan fingerprint density at radius 2 is 2.10 bits per heavy atom. The molecule has 0 atom stereocenters. The molecule has 0 aliphatic carbocycles. The predicted octanol–water partition coefficient (Wildman–Crippen LogP) is 0.279. The monoisotopic (exact) mass is 292 g/mol. The average molecular weight is 292 g/mol. The van der Waals surface area contributed by atoms with Gasteiger partial charge >= 0.3 is 0 Å². The lowest BCUT2D eigenvalue weighted by Crippen LogP contribution is -2.35. The summed E-state index contributed by atoms with van der Waals surface area (Å²) in [6.45, 7) is 2.97. The second kappa shape index (κ2) is 7.26. The van der Waals surface area contributed by atoms with Crippen molar-refractivity contribution in [2.24, 2.45) is 5.92 Å². The summed E-state index contributed by atoms with van der Waals surface area (Å²) in [4.78, 5) is 25.8. The maximum atomic E-state index is 11.8. The number of likely N-dealkylation sites (tertiary alicyclic amines) is 1. The summed E-state index contributed by atoms with van der Waals surface area (Å²) in [5.74, 6) is 0.548.